The third kappa shape index (κ3) is 3.27. The molecule has 3 saturated heterocycles. The molecule has 0 spiro atoms. The molecule has 7 nitrogen and oxygen atoms in total. The number of carbonyl (C=O) groups is 2. The fraction of sp³-hybridized carbons (Fsp3) is 0.476. The van der Waals surface area contributed by atoms with E-state index in [0.29, 0.717) is 29.4 Å². The molecule has 152 valence electrons. The summed E-state index contributed by atoms with van der Waals surface area (Å²) in [7, 11) is 0. The number of benzene rings is 1. The van der Waals surface area contributed by atoms with Crippen LogP contribution in [0.2, 0.25) is 5.02 Å². The molecule has 1 aromatic heterocycles. The van der Waals surface area contributed by atoms with Crippen molar-refractivity contribution in [2.45, 2.75) is 38.1 Å². The van der Waals surface area contributed by atoms with Gasteiger partial charge in [-0.3, -0.25) is 9.59 Å². The molecule has 3 fully saturated rings. The van der Waals surface area contributed by atoms with Crippen molar-refractivity contribution in [2.75, 3.05) is 19.7 Å². The Kier molecular flexibility index (Phi) is 4.50. The molecule has 0 saturated carbocycles. The Hall–Kier alpha value is -2.54. The van der Waals surface area contributed by atoms with E-state index in [9.17, 15) is 14.4 Å². The number of piperidine rings is 1. The molecule has 2 amide bonds. The molecule has 0 radical (unpaired) electrons. The summed E-state index contributed by atoms with van der Waals surface area (Å²) in [5.74, 6) is -0.0125. The van der Waals surface area contributed by atoms with Crippen LogP contribution in [0.1, 0.15) is 30.4 Å². The molecule has 1 aliphatic carbocycles. The Morgan fingerprint density at radius 2 is 2.03 bits per heavy atom. The quantitative estimate of drug-likeness (QED) is 0.773. The molecule has 1 aromatic carbocycles. The highest BCUT2D eigenvalue weighted by molar-refractivity contribution is 6.32. The van der Waals surface area contributed by atoms with Gasteiger partial charge in [0, 0.05) is 36.1 Å². The molecule has 6 rings (SSSR count). The zero-order chi connectivity index (χ0) is 20.1. The average Bonchev–Trinajstić information content (AvgIpc) is 3.03. The van der Waals surface area contributed by atoms with Crippen molar-refractivity contribution < 1.29 is 18.7 Å². The van der Waals surface area contributed by atoms with Gasteiger partial charge in [0.15, 0.2) is 6.61 Å². The number of amides is 2. The van der Waals surface area contributed by atoms with Gasteiger partial charge in [-0.25, -0.2) is 4.79 Å². The lowest BCUT2D eigenvalue weighted by Crippen LogP contribution is -2.44. The normalized spacial score (nSPS) is 23.1. The number of carbonyl (C=O) groups excluding carboxylic acids is 2. The number of halogens is 1. The number of nitrogens with zero attached hydrogens (tertiary/aromatic N) is 1. The van der Waals surface area contributed by atoms with Gasteiger partial charge in [0.25, 0.3) is 5.91 Å². The zero-order valence-electron chi connectivity index (χ0n) is 15.8. The van der Waals surface area contributed by atoms with E-state index in [2.05, 4.69) is 5.32 Å². The van der Waals surface area contributed by atoms with Crippen LogP contribution < -0.4 is 15.7 Å². The van der Waals surface area contributed by atoms with E-state index >= 15 is 0 Å². The summed E-state index contributed by atoms with van der Waals surface area (Å²) in [4.78, 5) is 38.5. The monoisotopic (exact) mass is 416 g/mol. The van der Waals surface area contributed by atoms with Gasteiger partial charge in [0.1, 0.15) is 11.3 Å². The highest BCUT2D eigenvalue weighted by atomic mass is 35.5. The maximum Gasteiger partial charge on any atom is 0.339 e. The van der Waals surface area contributed by atoms with Gasteiger partial charge < -0.3 is 19.4 Å². The van der Waals surface area contributed by atoms with Gasteiger partial charge in [-0.2, -0.15) is 0 Å². The largest absolute Gasteiger partial charge is 0.482 e. The van der Waals surface area contributed by atoms with Crippen LogP contribution in [0.25, 0.3) is 11.0 Å². The van der Waals surface area contributed by atoms with Crippen molar-refractivity contribution in [3.05, 3.63) is 38.7 Å². The number of rotatable bonds is 3. The number of nitrogens with one attached hydrogen (secondary N) is 1. The van der Waals surface area contributed by atoms with Crippen molar-refractivity contribution in [1.82, 2.24) is 10.2 Å². The van der Waals surface area contributed by atoms with Crippen LogP contribution in [0.15, 0.2) is 21.3 Å². The van der Waals surface area contributed by atoms with E-state index in [4.69, 9.17) is 20.8 Å². The Morgan fingerprint density at radius 1 is 1.21 bits per heavy atom. The molecular formula is C21H21ClN2O5. The second-order valence-corrected chi connectivity index (χ2v) is 8.45. The summed E-state index contributed by atoms with van der Waals surface area (Å²) < 4.78 is 11.1. The smallest absolute Gasteiger partial charge is 0.339 e. The van der Waals surface area contributed by atoms with Crippen LogP contribution >= 0.6 is 11.6 Å². The SMILES string of the molecule is O=C1N[C@H]2CC[C@@H]1CN(C(=O)COc1cc3oc(=O)c4c(c3cc1Cl)CCC4)C2. The molecule has 29 heavy (non-hydrogen) atoms. The van der Waals surface area contributed by atoms with Crippen molar-refractivity contribution in [1.29, 1.82) is 0 Å². The second-order valence-electron chi connectivity index (χ2n) is 8.05. The molecule has 2 aromatic rings. The highest BCUT2D eigenvalue weighted by Crippen LogP contribution is 2.34. The van der Waals surface area contributed by atoms with E-state index in [-0.39, 0.29) is 36.0 Å². The van der Waals surface area contributed by atoms with Crippen LogP contribution in [0.4, 0.5) is 0 Å². The van der Waals surface area contributed by atoms with Crippen molar-refractivity contribution in [3.8, 4) is 5.75 Å². The Morgan fingerprint density at radius 3 is 2.86 bits per heavy atom. The van der Waals surface area contributed by atoms with Gasteiger partial charge in [-0.05, 0) is 43.7 Å². The topological polar surface area (TPSA) is 88.8 Å². The Bertz CT molecular complexity index is 1080. The minimum atomic E-state index is -0.313. The van der Waals surface area contributed by atoms with Crippen molar-refractivity contribution >= 4 is 34.4 Å². The minimum Gasteiger partial charge on any atom is -0.482 e. The summed E-state index contributed by atoms with van der Waals surface area (Å²) in [6.45, 7) is 0.724. The first kappa shape index (κ1) is 18.5. The molecular weight excluding hydrogens is 396 g/mol. The molecule has 8 heteroatoms. The van der Waals surface area contributed by atoms with Crippen LogP contribution in [-0.4, -0.2) is 42.5 Å². The second kappa shape index (κ2) is 7.06. The minimum absolute atomic E-state index is 0.00540. The number of hydrogen-bond acceptors (Lipinski definition) is 5. The summed E-state index contributed by atoms with van der Waals surface area (Å²) in [6.07, 6.45) is 4.18. The van der Waals surface area contributed by atoms with Gasteiger partial charge >= 0.3 is 5.63 Å². The van der Waals surface area contributed by atoms with E-state index in [1.54, 1.807) is 17.0 Å². The standard InChI is InChI=1S/C21H21ClN2O5/c22-16-6-15-13-2-1-3-14(13)21(27)29-17(15)7-18(16)28-10-19(25)24-8-11-4-5-12(9-24)23-20(11)26/h6-7,11-12H,1-5,8-10H2,(H,23,26)/t11-,12+/m1/s1. The number of ether oxygens (including phenoxy) is 1. The number of fused-ring (bicyclic) bond motifs is 7. The van der Waals surface area contributed by atoms with E-state index in [1.807, 2.05) is 0 Å². The summed E-state index contributed by atoms with van der Waals surface area (Å²) in [5.41, 5.74) is 1.84. The van der Waals surface area contributed by atoms with Gasteiger partial charge in [0.2, 0.25) is 5.91 Å². The lowest BCUT2D eigenvalue weighted by atomic mass is 9.96. The first-order chi connectivity index (χ1) is 14.0. The molecule has 1 N–H and O–H groups in total. The van der Waals surface area contributed by atoms with E-state index in [1.165, 1.54) is 0 Å². The van der Waals surface area contributed by atoms with Crippen LogP contribution in [-0.2, 0) is 22.4 Å². The molecule has 2 atom stereocenters. The predicted molar refractivity (Wildman–Crippen MR) is 106 cm³/mol. The highest BCUT2D eigenvalue weighted by Gasteiger charge is 2.36. The zero-order valence-corrected chi connectivity index (χ0v) is 16.6. The average molecular weight is 417 g/mol. The van der Waals surface area contributed by atoms with E-state index in [0.717, 1.165) is 48.6 Å². The number of aryl methyl sites for hydroxylation is 1. The fourth-order valence-electron chi connectivity index (χ4n) is 4.67. The van der Waals surface area contributed by atoms with Crippen LogP contribution in [0.5, 0.6) is 5.75 Å². The summed E-state index contributed by atoms with van der Waals surface area (Å²) >= 11 is 6.39. The third-order valence-electron chi connectivity index (χ3n) is 6.19. The van der Waals surface area contributed by atoms with E-state index < -0.39 is 0 Å². The van der Waals surface area contributed by atoms with Crippen LogP contribution in [0.3, 0.4) is 0 Å². The van der Waals surface area contributed by atoms with Crippen molar-refractivity contribution in [3.63, 3.8) is 0 Å². The molecule has 0 unspecified atom stereocenters. The van der Waals surface area contributed by atoms with Crippen molar-refractivity contribution in [2.24, 2.45) is 5.92 Å². The molecule has 2 bridgehead atoms. The lowest BCUT2D eigenvalue weighted by molar-refractivity contribution is -0.134. The molecule has 4 aliphatic rings. The Labute approximate surface area is 171 Å². The maximum atomic E-state index is 12.7. The third-order valence-corrected chi connectivity index (χ3v) is 6.49. The maximum absolute atomic E-state index is 12.7. The Balaban J connectivity index is 1.35. The first-order valence-corrected chi connectivity index (χ1v) is 10.4. The summed E-state index contributed by atoms with van der Waals surface area (Å²) in [5, 5.41) is 4.16. The summed E-state index contributed by atoms with van der Waals surface area (Å²) in [6, 6.07) is 3.34. The van der Waals surface area contributed by atoms with Gasteiger partial charge in [0.05, 0.1) is 10.9 Å². The lowest BCUT2D eigenvalue weighted by Gasteiger charge is -2.23. The predicted octanol–water partition coefficient (Wildman–Crippen LogP) is 2.05. The molecule has 3 aliphatic heterocycles. The van der Waals surface area contributed by atoms with Crippen LogP contribution in [0, 0.1) is 5.92 Å². The fourth-order valence-corrected chi connectivity index (χ4v) is 4.89. The number of hydrogen-bond donors (Lipinski definition) is 1. The molecule has 4 heterocycles. The first-order valence-electron chi connectivity index (χ1n) is 9.98. The van der Waals surface area contributed by atoms with Gasteiger partial charge in [-0.15, -0.1) is 0 Å². The van der Waals surface area contributed by atoms with Gasteiger partial charge in [-0.1, -0.05) is 11.6 Å².